The molecule has 0 N–H and O–H groups in total. The Hall–Kier alpha value is -3.33. The van der Waals surface area contributed by atoms with Gasteiger partial charge >= 0.3 is 0 Å². The normalized spacial score (nSPS) is 20.6. The molecule has 3 aromatic rings. The Kier molecular flexibility index (Phi) is 6.28. The molecule has 0 spiro atoms. The third-order valence-electron chi connectivity index (χ3n) is 6.71. The first kappa shape index (κ1) is 24.4. The summed E-state index contributed by atoms with van der Waals surface area (Å²) >= 11 is 0. The molecule has 1 fully saturated rings. The number of ether oxygens (including phenoxy) is 2. The molecule has 1 saturated heterocycles. The number of carbonyl (C=O) groups excluding carboxylic acids is 1. The van der Waals surface area contributed by atoms with Gasteiger partial charge in [-0.1, -0.05) is 24.6 Å². The van der Waals surface area contributed by atoms with Crippen LogP contribution < -0.4 is 14.9 Å². The first-order valence-corrected chi connectivity index (χ1v) is 14.1. The molecule has 0 bridgehead atoms. The summed E-state index contributed by atoms with van der Waals surface area (Å²) in [5, 5.41) is 0.389. The van der Waals surface area contributed by atoms with Gasteiger partial charge in [-0.15, -0.1) is 0 Å². The Morgan fingerprint density at radius 3 is 2.56 bits per heavy atom. The number of aryl methyl sites for hydroxylation is 1. The van der Waals surface area contributed by atoms with Crippen LogP contribution >= 0.6 is 0 Å². The van der Waals surface area contributed by atoms with Crippen molar-refractivity contribution in [3.8, 4) is 11.5 Å². The minimum atomic E-state index is -3.28. The quantitative estimate of drug-likeness (QED) is 0.472. The minimum Gasteiger partial charge on any atom is -0.490 e. The van der Waals surface area contributed by atoms with Crippen molar-refractivity contribution >= 4 is 26.7 Å². The number of benzene rings is 2. The molecular weight excluding hydrogens is 482 g/mol. The van der Waals surface area contributed by atoms with Gasteiger partial charge in [-0.25, -0.2) is 8.42 Å². The van der Waals surface area contributed by atoms with E-state index in [1.807, 2.05) is 26.8 Å². The lowest BCUT2D eigenvalue weighted by molar-refractivity contribution is 0.0662. The molecule has 8 nitrogen and oxygen atoms in total. The molecule has 2 atom stereocenters. The summed E-state index contributed by atoms with van der Waals surface area (Å²) in [7, 11) is -3.28. The zero-order chi connectivity index (χ0) is 25.6. The van der Waals surface area contributed by atoms with Gasteiger partial charge in [0.1, 0.15) is 5.58 Å². The van der Waals surface area contributed by atoms with Gasteiger partial charge in [0.2, 0.25) is 5.76 Å². The van der Waals surface area contributed by atoms with Gasteiger partial charge < -0.3 is 18.8 Å². The average Bonchev–Trinajstić information content (AvgIpc) is 3.35. The number of nitrogens with zero attached hydrogens (tertiary/aromatic N) is 1. The van der Waals surface area contributed by atoms with Gasteiger partial charge in [-0.2, -0.15) is 0 Å². The highest BCUT2D eigenvalue weighted by Gasteiger charge is 2.48. The molecule has 190 valence electrons. The van der Waals surface area contributed by atoms with Crippen LogP contribution in [-0.2, 0) is 9.84 Å². The van der Waals surface area contributed by atoms with Crippen LogP contribution in [0.25, 0.3) is 11.0 Å². The van der Waals surface area contributed by atoms with Crippen LogP contribution in [-0.4, -0.2) is 50.0 Å². The third-order valence-corrected chi connectivity index (χ3v) is 8.46. The van der Waals surface area contributed by atoms with Gasteiger partial charge in [0.15, 0.2) is 26.8 Å². The molecule has 1 amide bonds. The maximum Gasteiger partial charge on any atom is 0.291 e. The van der Waals surface area contributed by atoms with E-state index in [0.29, 0.717) is 47.7 Å². The topological polar surface area (TPSA) is 103 Å². The number of hydrogen-bond acceptors (Lipinski definition) is 7. The van der Waals surface area contributed by atoms with Crippen LogP contribution in [0, 0.1) is 6.92 Å². The lowest BCUT2D eigenvalue weighted by atomic mass is 9.97. The van der Waals surface area contributed by atoms with Gasteiger partial charge in [0, 0.05) is 6.04 Å². The number of fused-ring (bicyclic) bond motifs is 2. The molecule has 3 heterocycles. The van der Waals surface area contributed by atoms with E-state index in [0.717, 1.165) is 12.0 Å². The molecule has 0 aliphatic carbocycles. The van der Waals surface area contributed by atoms with E-state index < -0.39 is 27.8 Å². The van der Waals surface area contributed by atoms with Gasteiger partial charge in [0.05, 0.1) is 41.7 Å². The van der Waals surface area contributed by atoms with Crippen molar-refractivity contribution in [2.75, 3.05) is 24.7 Å². The number of hydrogen-bond donors (Lipinski definition) is 0. The fraction of sp³-hybridized carbons (Fsp3) is 0.407. The Morgan fingerprint density at radius 1 is 1.06 bits per heavy atom. The van der Waals surface area contributed by atoms with Gasteiger partial charge in [-0.3, -0.25) is 9.59 Å². The zero-order valence-corrected chi connectivity index (χ0v) is 21.4. The first-order chi connectivity index (χ1) is 17.2. The number of sulfone groups is 1. The Morgan fingerprint density at radius 2 is 1.86 bits per heavy atom. The molecule has 2 unspecified atom stereocenters. The van der Waals surface area contributed by atoms with E-state index in [-0.39, 0.29) is 28.3 Å². The fourth-order valence-corrected chi connectivity index (χ4v) is 6.81. The SMILES string of the molecule is CCCOc1ccc(C2c3c(oc4ccc(C)cc4c3=O)C(=O)N2C2CCS(=O)(=O)C2)cc1OCC. The average molecular weight is 512 g/mol. The maximum atomic E-state index is 13.8. The largest absolute Gasteiger partial charge is 0.490 e. The summed E-state index contributed by atoms with van der Waals surface area (Å²) < 4.78 is 42.3. The lowest BCUT2D eigenvalue weighted by Crippen LogP contribution is -2.40. The second-order valence-corrected chi connectivity index (χ2v) is 11.6. The van der Waals surface area contributed by atoms with Crippen LogP contribution in [0.3, 0.4) is 0 Å². The van der Waals surface area contributed by atoms with Crippen LogP contribution in [0.5, 0.6) is 11.5 Å². The van der Waals surface area contributed by atoms with E-state index in [4.69, 9.17) is 13.9 Å². The maximum absolute atomic E-state index is 13.8. The van der Waals surface area contributed by atoms with Crippen LogP contribution in [0.15, 0.2) is 45.6 Å². The molecule has 5 rings (SSSR count). The first-order valence-electron chi connectivity index (χ1n) is 12.2. The van der Waals surface area contributed by atoms with E-state index in [2.05, 4.69) is 0 Å². The summed E-state index contributed by atoms with van der Waals surface area (Å²) in [6.07, 6.45) is 1.14. The van der Waals surface area contributed by atoms with Gasteiger partial charge in [-0.05, 0) is 56.5 Å². The Labute approximate surface area is 209 Å². The van der Waals surface area contributed by atoms with Crippen LogP contribution in [0.1, 0.15) is 60.0 Å². The van der Waals surface area contributed by atoms with Crippen LogP contribution in [0.4, 0.5) is 0 Å². The van der Waals surface area contributed by atoms with Crippen LogP contribution in [0.2, 0.25) is 0 Å². The summed E-state index contributed by atoms with van der Waals surface area (Å²) in [5.74, 6) is 0.427. The minimum absolute atomic E-state index is 0.00104. The monoisotopic (exact) mass is 511 g/mol. The lowest BCUT2D eigenvalue weighted by Gasteiger charge is -2.30. The van der Waals surface area contributed by atoms with Crippen molar-refractivity contribution in [3.63, 3.8) is 0 Å². The van der Waals surface area contributed by atoms with Crippen molar-refractivity contribution in [2.24, 2.45) is 0 Å². The second-order valence-electron chi connectivity index (χ2n) is 9.33. The van der Waals surface area contributed by atoms with E-state index >= 15 is 0 Å². The highest BCUT2D eigenvalue weighted by molar-refractivity contribution is 7.91. The highest BCUT2D eigenvalue weighted by Crippen LogP contribution is 2.43. The molecule has 2 aliphatic rings. The van der Waals surface area contributed by atoms with Gasteiger partial charge in [0.25, 0.3) is 5.91 Å². The van der Waals surface area contributed by atoms with Crippen molar-refractivity contribution in [3.05, 3.63) is 69.1 Å². The van der Waals surface area contributed by atoms with Crippen molar-refractivity contribution in [2.45, 2.75) is 45.7 Å². The molecule has 2 aromatic carbocycles. The molecule has 1 aromatic heterocycles. The predicted octanol–water partition coefficient (Wildman–Crippen LogP) is 4.02. The highest BCUT2D eigenvalue weighted by atomic mass is 32.2. The molecule has 36 heavy (non-hydrogen) atoms. The summed E-state index contributed by atoms with van der Waals surface area (Å²) in [6.45, 7) is 6.68. The summed E-state index contributed by atoms with van der Waals surface area (Å²) in [6, 6.07) is 9.24. The second kappa shape index (κ2) is 9.28. The fourth-order valence-electron chi connectivity index (χ4n) is 5.10. The predicted molar refractivity (Wildman–Crippen MR) is 136 cm³/mol. The van der Waals surface area contributed by atoms with Crippen molar-refractivity contribution < 1.29 is 27.1 Å². The van der Waals surface area contributed by atoms with E-state index in [1.165, 1.54) is 4.90 Å². The molecule has 0 radical (unpaired) electrons. The Bertz CT molecular complexity index is 1510. The smallest absolute Gasteiger partial charge is 0.291 e. The summed E-state index contributed by atoms with van der Waals surface area (Å²) in [5.41, 5.74) is 1.80. The third kappa shape index (κ3) is 4.15. The van der Waals surface area contributed by atoms with Crippen molar-refractivity contribution in [1.29, 1.82) is 0 Å². The molecule has 9 heteroatoms. The molecular formula is C27H29NO7S. The zero-order valence-electron chi connectivity index (χ0n) is 20.6. The summed E-state index contributed by atoms with van der Waals surface area (Å²) in [4.78, 5) is 29.0. The number of rotatable bonds is 7. The molecule has 2 aliphatic heterocycles. The number of amides is 1. The van der Waals surface area contributed by atoms with Crippen molar-refractivity contribution in [1.82, 2.24) is 4.90 Å². The van der Waals surface area contributed by atoms with E-state index in [9.17, 15) is 18.0 Å². The standard InChI is InChI=1S/C27H29NO7S/c1-4-11-34-21-9-7-17(14-22(21)33-5-2)24-23-25(29)19-13-16(3)6-8-20(19)35-26(23)27(30)28(24)18-10-12-36(31,32)15-18/h6-9,13-14,18,24H,4-5,10-12,15H2,1-3H3. The molecule has 0 saturated carbocycles. The van der Waals surface area contributed by atoms with E-state index in [1.54, 1.807) is 30.3 Å². The Balaban J connectivity index is 1.71. The number of carbonyl (C=O) groups is 1.